The molecule has 0 aliphatic heterocycles. The van der Waals surface area contributed by atoms with Crippen molar-refractivity contribution in [3.8, 4) is 0 Å². The summed E-state index contributed by atoms with van der Waals surface area (Å²) in [7, 11) is -2.06. The summed E-state index contributed by atoms with van der Waals surface area (Å²) >= 11 is 4.96. The number of nitrogens with zero attached hydrogens (tertiary/aromatic N) is 1. The molecule has 0 aliphatic carbocycles. The molecule has 6 nitrogen and oxygen atoms in total. The molecule has 1 atom stereocenters. The summed E-state index contributed by atoms with van der Waals surface area (Å²) in [6.07, 6.45) is 0. The number of halogens is 1. The number of hydrogen-bond donors (Lipinski definition) is 2. The highest BCUT2D eigenvalue weighted by Crippen LogP contribution is 2.23. The number of rotatable bonds is 5. The van der Waals surface area contributed by atoms with Crippen LogP contribution in [0.2, 0.25) is 0 Å². The Labute approximate surface area is 153 Å². The van der Waals surface area contributed by atoms with Gasteiger partial charge in [0.15, 0.2) is 0 Å². The van der Waals surface area contributed by atoms with Crippen molar-refractivity contribution in [2.75, 3.05) is 7.05 Å². The lowest BCUT2D eigenvalue weighted by molar-refractivity contribution is 0.204. The average Bonchev–Trinajstić information content (AvgIpc) is 2.91. The lowest BCUT2D eigenvalue weighted by atomic mass is 10.1. The molecule has 0 aliphatic rings. The Balaban J connectivity index is 2.03. The van der Waals surface area contributed by atoms with Crippen LogP contribution in [0.4, 0.5) is 4.79 Å². The van der Waals surface area contributed by atoms with Gasteiger partial charge in [-0.15, -0.1) is 11.3 Å². The van der Waals surface area contributed by atoms with Gasteiger partial charge in [0.25, 0.3) is 0 Å². The molecule has 2 rings (SSSR count). The van der Waals surface area contributed by atoms with Gasteiger partial charge in [0, 0.05) is 11.9 Å². The van der Waals surface area contributed by atoms with Gasteiger partial charge in [-0.05, 0) is 52.7 Å². The van der Waals surface area contributed by atoms with Crippen LogP contribution in [-0.2, 0) is 16.6 Å². The number of thiophene rings is 1. The Morgan fingerprint density at radius 1 is 1.38 bits per heavy atom. The number of amides is 2. The highest BCUT2D eigenvalue weighted by Gasteiger charge is 2.16. The van der Waals surface area contributed by atoms with E-state index in [9.17, 15) is 13.2 Å². The van der Waals surface area contributed by atoms with Crippen LogP contribution in [0.3, 0.4) is 0 Å². The van der Waals surface area contributed by atoms with Crippen molar-refractivity contribution in [2.24, 2.45) is 5.14 Å². The van der Waals surface area contributed by atoms with E-state index >= 15 is 0 Å². The van der Waals surface area contributed by atoms with Crippen molar-refractivity contribution in [1.82, 2.24) is 10.2 Å². The third-order valence-electron chi connectivity index (χ3n) is 3.40. The Morgan fingerprint density at radius 2 is 2.08 bits per heavy atom. The fourth-order valence-electron chi connectivity index (χ4n) is 2.08. The molecule has 9 heteroatoms. The van der Waals surface area contributed by atoms with Crippen molar-refractivity contribution >= 4 is 43.3 Å². The number of sulfonamides is 1. The van der Waals surface area contributed by atoms with E-state index in [4.69, 9.17) is 5.14 Å². The minimum Gasteiger partial charge on any atom is -0.331 e. The maximum atomic E-state index is 12.3. The zero-order valence-corrected chi connectivity index (χ0v) is 16.4. The van der Waals surface area contributed by atoms with Crippen LogP contribution in [-0.4, -0.2) is 26.4 Å². The van der Waals surface area contributed by atoms with Crippen molar-refractivity contribution in [2.45, 2.75) is 24.4 Å². The van der Waals surface area contributed by atoms with Gasteiger partial charge in [-0.2, -0.15) is 0 Å². The van der Waals surface area contributed by atoms with Crippen LogP contribution in [0, 0.1) is 0 Å². The van der Waals surface area contributed by atoms with Gasteiger partial charge in [-0.25, -0.2) is 18.4 Å². The van der Waals surface area contributed by atoms with Crippen LogP contribution >= 0.6 is 27.3 Å². The third-order valence-corrected chi connectivity index (χ3v) is 5.91. The first-order valence-corrected chi connectivity index (χ1v) is 10.2. The number of benzene rings is 1. The molecule has 0 fully saturated rings. The van der Waals surface area contributed by atoms with Crippen molar-refractivity contribution in [1.29, 1.82) is 0 Å². The maximum absolute atomic E-state index is 12.3. The van der Waals surface area contributed by atoms with Crippen LogP contribution in [0.25, 0.3) is 0 Å². The molecule has 0 radical (unpaired) electrons. The molecule has 1 aromatic heterocycles. The summed E-state index contributed by atoms with van der Waals surface area (Å²) in [4.78, 5) is 14.9. The van der Waals surface area contributed by atoms with Crippen molar-refractivity contribution in [3.05, 3.63) is 50.6 Å². The first kappa shape index (κ1) is 18.9. The first-order chi connectivity index (χ1) is 11.2. The summed E-state index contributed by atoms with van der Waals surface area (Å²) in [6, 6.07) is 9.54. The molecular formula is C15H18BrN3O3S2. The van der Waals surface area contributed by atoms with E-state index in [2.05, 4.69) is 21.2 Å². The molecule has 2 amide bonds. The van der Waals surface area contributed by atoms with Crippen molar-refractivity contribution in [3.63, 3.8) is 0 Å². The molecule has 2 aromatic rings. The number of nitrogens with two attached hydrogens (primary N) is 1. The Hall–Kier alpha value is -1.42. The van der Waals surface area contributed by atoms with E-state index in [1.54, 1.807) is 42.3 Å². The SMILES string of the molecule is CC(NC(=O)N(C)Cc1ccc(Br)s1)c1cccc(S(N)(=O)=O)c1. The van der Waals surface area contributed by atoms with Gasteiger partial charge in [0.1, 0.15) is 0 Å². The molecule has 0 bridgehead atoms. The summed E-state index contributed by atoms with van der Waals surface area (Å²) in [5.74, 6) is 0. The van der Waals surface area contributed by atoms with Gasteiger partial charge >= 0.3 is 6.03 Å². The molecule has 24 heavy (non-hydrogen) atoms. The summed E-state index contributed by atoms with van der Waals surface area (Å²) in [5.41, 5.74) is 0.669. The van der Waals surface area contributed by atoms with Crippen LogP contribution < -0.4 is 10.5 Å². The largest absolute Gasteiger partial charge is 0.331 e. The molecule has 1 heterocycles. The van der Waals surface area contributed by atoms with E-state index in [0.29, 0.717) is 12.1 Å². The zero-order valence-electron chi connectivity index (χ0n) is 13.2. The molecular weight excluding hydrogens is 414 g/mol. The van der Waals surface area contributed by atoms with E-state index in [1.807, 2.05) is 12.1 Å². The summed E-state index contributed by atoms with van der Waals surface area (Å²) in [5, 5.41) is 7.98. The number of urea groups is 1. The maximum Gasteiger partial charge on any atom is 0.317 e. The molecule has 1 unspecified atom stereocenters. The second-order valence-electron chi connectivity index (χ2n) is 5.35. The third kappa shape index (κ3) is 5.04. The fraction of sp³-hybridized carbons (Fsp3) is 0.267. The molecule has 0 saturated carbocycles. The second-order valence-corrected chi connectivity index (χ2v) is 9.46. The predicted octanol–water partition coefficient (Wildman–Crippen LogP) is 3.06. The highest BCUT2D eigenvalue weighted by molar-refractivity contribution is 9.11. The zero-order chi connectivity index (χ0) is 17.9. The Kier molecular flexibility index (Phi) is 6.02. The quantitative estimate of drug-likeness (QED) is 0.761. The molecule has 1 aromatic carbocycles. The summed E-state index contributed by atoms with van der Waals surface area (Å²) in [6.45, 7) is 2.28. The lowest BCUT2D eigenvalue weighted by Crippen LogP contribution is -2.38. The number of carbonyl (C=O) groups excluding carboxylic acids is 1. The fourth-order valence-corrected chi connectivity index (χ4v) is 4.19. The number of carbonyl (C=O) groups is 1. The molecule has 130 valence electrons. The van der Waals surface area contributed by atoms with Crippen LogP contribution in [0.1, 0.15) is 23.4 Å². The minimum absolute atomic E-state index is 0.0258. The number of hydrogen-bond acceptors (Lipinski definition) is 4. The minimum atomic E-state index is -3.77. The standard InChI is InChI=1S/C15H18BrN3O3S2/c1-10(11-4-3-5-13(8-11)24(17,21)22)18-15(20)19(2)9-12-6-7-14(16)23-12/h3-8,10H,9H2,1-2H3,(H,18,20)(H2,17,21,22). The Bertz CT molecular complexity index is 836. The number of primary sulfonamides is 1. The normalized spacial score (nSPS) is 12.7. The van der Waals surface area contributed by atoms with E-state index in [1.165, 1.54) is 12.1 Å². The van der Waals surface area contributed by atoms with Gasteiger partial charge in [0.2, 0.25) is 10.0 Å². The molecule has 3 N–H and O–H groups in total. The van der Waals surface area contributed by atoms with Gasteiger partial charge < -0.3 is 10.2 Å². The lowest BCUT2D eigenvalue weighted by Gasteiger charge is -2.21. The molecule has 0 spiro atoms. The predicted molar refractivity (Wildman–Crippen MR) is 98.2 cm³/mol. The van der Waals surface area contributed by atoms with Gasteiger partial charge in [0.05, 0.1) is 21.3 Å². The average molecular weight is 432 g/mol. The van der Waals surface area contributed by atoms with Gasteiger partial charge in [-0.1, -0.05) is 12.1 Å². The summed E-state index contributed by atoms with van der Waals surface area (Å²) < 4.78 is 23.9. The highest BCUT2D eigenvalue weighted by atomic mass is 79.9. The smallest absolute Gasteiger partial charge is 0.317 e. The van der Waals surface area contributed by atoms with E-state index in [0.717, 1.165) is 8.66 Å². The number of nitrogens with one attached hydrogen (secondary N) is 1. The Morgan fingerprint density at radius 3 is 2.67 bits per heavy atom. The second kappa shape index (κ2) is 7.64. The molecule has 0 saturated heterocycles. The first-order valence-electron chi connectivity index (χ1n) is 7.05. The van der Waals surface area contributed by atoms with Gasteiger partial charge in [-0.3, -0.25) is 0 Å². The monoisotopic (exact) mass is 431 g/mol. The van der Waals surface area contributed by atoms with E-state index < -0.39 is 10.0 Å². The van der Waals surface area contributed by atoms with E-state index in [-0.39, 0.29) is 17.0 Å². The topological polar surface area (TPSA) is 92.5 Å². The van der Waals surface area contributed by atoms with Crippen LogP contribution in [0.5, 0.6) is 0 Å². The van der Waals surface area contributed by atoms with Crippen molar-refractivity contribution < 1.29 is 13.2 Å². The van der Waals surface area contributed by atoms with Crippen LogP contribution in [0.15, 0.2) is 45.1 Å².